The van der Waals surface area contributed by atoms with Gasteiger partial charge in [0, 0.05) is 24.5 Å². The van der Waals surface area contributed by atoms with E-state index in [2.05, 4.69) is 5.32 Å². The van der Waals surface area contributed by atoms with Crippen LogP contribution in [0.2, 0.25) is 0 Å². The van der Waals surface area contributed by atoms with E-state index in [1.165, 1.54) is 6.92 Å². The van der Waals surface area contributed by atoms with Crippen LogP contribution in [0.15, 0.2) is 24.3 Å². The van der Waals surface area contributed by atoms with Crippen molar-refractivity contribution in [1.82, 2.24) is 0 Å². The van der Waals surface area contributed by atoms with Crippen molar-refractivity contribution >= 4 is 17.4 Å². The summed E-state index contributed by atoms with van der Waals surface area (Å²) < 4.78 is 5.21. The van der Waals surface area contributed by atoms with Gasteiger partial charge in [-0.3, -0.25) is 9.59 Å². The molecule has 0 radical (unpaired) electrons. The zero-order valence-corrected chi connectivity index (χ0v) is 10.9. The van der Waals surface area contributed by atoms with Crippen molar-refractivity contribution in [3.8, 4) is 0 Å². The number of rotatable bonds is 3. The molecule has 2 rings (SSSR count). The molecule has 19 heavy (non-hydrogen) atoms. The van der Waals surface area contributed by atoms with Crippen LogP contribution < -0.4 is 11.1 Å². The lowest BCUT2D eigenvalue weighted by Gasteiger charge is -2.31. The molecule has 0 unspecified atom stereocenters. The fourth-order valence-electron chi connectivity index (χ4n) is 2.03. The number of ketones is 1. The average Bonchev–Trinajstić information content (AvgIpc) is 2.40. The molecule has 3 N–H and O–H groups in total. The third-order valence-electron chi connectivity index (χ3n) is 3.36. The standard InChI is InChI=1S/C14H18N2O3/c1-10(17)11-3-2-4-12(9-11)16-13(18)14(15)5-7-19-8-6-14/h2-4,9H,5-8,15H2,1H3,(H,16,18). The fourth-order valence-corrected chi connectivity index (χ4v) is 2.03. The number of amides is 1. The Morgan fingerprint density at radius 1 is 1.32 bits per heavy atom. The molecule has 0 bridgehead atoms. The van der Waals surface area contributed by atoms with Crippen molar-refractivity contribution in [1.29, 1.82) is 0 Å². The Labute approximate surface area is 112 Å². The monoisotopic (exact) mass is 262 g/mol. The number of nitrogens with one attached hydrogen (secondary N) is 1. The first-order valence-corrected chi connectivity index (χ1v) is 6.30. The molecule has 1 saturated heterocycles. The Kier molecular flexibility index (Phi) is 3.97. The molecule has 5 nitrogen and oxygen atoms in total. The summed E-state index contributed by atoms with van der Waals surface area (Å²) in [6.45, 7) is 2.48. The number of carbonyl (C=O) groups is 2. The van der Waals surface area contributed by atoms with Gasteiger partial charge >= 0.3 is 0 Å². The van der Waals surface area contributed by atoms with Gasteiger partial charge in [0.25, 0.3) is 0 Å². The van der Waals surface area contributed by atoms with Gasteiger partial charge in [-0.2, -0.15) is 0 Å². The molecular formula is C14H18N2O3. The second kappa shape index (κ2) is 5.50. The lowest BCUT2D eigenvalue weighted by Crippen LogP contribution is -2.54. The molecule has 0 saturated carbocycles. The van der Waals surface area contributed by atoms with Crippen molar-refractivity contribution in [2.24, 2.45) is 5.73 Å². The first kappa shape index (κ1) is 13.7. The molecule has 0 aromatic heterocycles. The van der Waals surface area contributed by atoms with Gasteiger partial charge in [-0.15, -0.1) is 0 Å². The van der Waals surface area contributed by atoms with E-state index in [4.69, 9.17) is 10.5 Å². The van der Waals surface area contributed by atoms with Crippen molar-refractivity contribution in [3.05, 3.63) is 29.8 Å². The third kappa shape index (κ3) is 3.19. The van der Waals surface area contributed by atoms with E-state index < -0.39 is 5.54 Å². The van der Waals surface area contributed by atoms with E-state index in [1.807, 2.05) is 0 Å². The first-order valence-electron chi connectivity index (χ1n) is 6.30. The summed E-state index contributed by atoms with van der Waals surface area (Å²) in [5.41, 5.74) is 6.36. The molecule has 1 aromatic rings. The Hall–Kier alpha value is -1.72. The van der Waals surface area contributed by atoms with E-state index in [-0.39, 0.29) is 11.7 Å². The van der Waals surface area contributed by atoms with Crippen LogP contribution in [0.25, 0.3) is 0 Å². The van der Waals surface area contributed by atoms with Crippen LogP contribution in [0.3, 0.4) is 0 Å². The number of hydrogen-bond donors (Lipinski definition) is 2. The summed E-state index contributed by atoms with van der Waals surface area (Å²) in [5.74, 6) is -0.263. The maximum atomic E-state index is 12.2. The highest BCUT2D eigenvalue weighted by Crippen LogP contribution is 2.20. The average molecular weight is 262 g/mol. The van der Waals surface area contributed by atoms with Crippen LogP contribution in [-0.2, 0) is 9.53 Å². The second-order valence-electron chi connectivity index (χ2n) is 4.86. The summed E-state index contributed by atoms with van der Waals surface area (Å²) in [6.07, 6.45) is 1.01. The van der Waals surface area contributed by atoms with Gasteiger partial charge in [-0.1, -0.05) is 12.1 Å². The molecule has 1 aliphatic heterocycles. The molecule has 0 spiro atoms. The lowest BCUT2D eigenvalue weighted by molar-refractivity contribution is -0.124. The van der Waals surface area contributed by atoms with Gasteiger partial charge in [0.1, 0.15) is 5.54 Å². The Morgan fingerprint density at radius 3 is 2.63 bits per heavy atom. The zero-order valence-electron chi connectivity index (χ0n) is 10.9. The van der Waals surface area contributed by atoms with E-state index in [9.17, 15) is 9.59 Å². The molecule has 1 aliphatic rings. The van der Waals surface area contributed by atoms with E-state index in [1.54, 1.807) is 24.3 Å². The van der Waals surface area contributed by atoms with Crippen LogP contribution in [0.4, 0.5) is 5.69 Å². The SMILES string of the molecule is CC(=O)c1cccc(NC(=O)C2(N)CCOCC2)c1. The van der Waals surface area contributed by atoms with E-state index in [0.717, 1.165) is 0 Å². The highest BCUT2D eigenvalue weighted by Gasteiger charge is 2.35. The van der Waals surface area contributed by atoms with Gasteiger partial charge in [-0.05, 0) is 31.9 Å². The highest BCUT2D eigenvalue weighted by molar-refractivity contribution is 6.00. The molecule has 5 heteroatoms. The molecule has 0 aliphatic carbocycles. The van der Waals surface area contributed by atoms with Gasteiger partial charge in [-0.25, -0.2) is 0 Å². The molecule has 102 valence electrons. The lowest BCUT2D eigenvalue weighted by atomic mass is 9.90. The van der Waals surface area contributed by atoms with E-state index >= 15 is 0 Å². The van der Waals surface area contributed by atoms with Gasteiger partial charge in [0.05, 0.1) is 0 Å². The third-order valence-corrected chi connectivity index (χ3v) is 3.36. The highest BCUT2D eigenvalue weighted by atomic mass is 16.5. The fraction of sp³-hybridized carbons (Fsp3) is 0.429. The number of anilines is 1. The Balaban J connectivity index is 2.10. The minimum Gasteiger partial charge on any atom is -0.381 e. The zero-order chi connectivity index (χ0) is 13.9. The predicted molar refractivity (Wildman–Crippen MR) is 72.0 cm³/mol. The summed E-state index contributed by atoms with van der Waals surface area (Å²) in [7, 11) is 0. The van der Waals surface area contributed by atoms with Crippen LogP contribution in [0.1, 0.15) is 30.1 Å². The summed E-state index contributed by atoms with van der Waals surface area (Å²) in [4.78, 5) is 23.5. The number of ether oxygens (including phenoxy) is 1. The number of Topliss-reactive ketones (excluding diaryl/α,β-unsaturated/α-hetero) is 1. The van der Waals surface area contributed by atoms with Gasteiger partial charge < -0.3 is 15.8 Å². The van der Waals surface area contributed by atoms with Crippen molar-refractivity contribution in [2.45, 2.75) is 25.3 Å². The molecule has 1 amide bonds. The van der Waals surface area contributed by atoms with E-state index in [0.29, 0.717) is 37.3 Å². The maximum absolute atomic E-state index is 12.2. The van der Waals surface area contributed by atoms with Crippen molar-refractivity contribution in [2.75, 3.05) is 18.5 Å². The molecule has 1 heterocycles. The second-order valence-corrected chi connectivity index (χ2v) is 4.86. The van der Waals surface area contributed by atoms with Crippen molar-refractivity contribution in [3.63, 3.8) is 0 Å². The normalized spacial score (nSPS) is 17.8. The molecule has 1 aromatic carbocycles. The molecule has 0 atom stereocenters. The van der Waals surface area contributed by atoms with Crippen LogP contribution >= 0.6 is 0 Å². The minimum atomic E-state index is -0.884. The van der Waals surface area contributed by atoms with Gasteiger partial charge in [0.15, 0.2) is 5.78 Å². The van der Waals surface area contributed by atoms with Gasteiger partial charge in [0.2, 0.25) is 5.91 Å². The van der Waals surface area contributed by atoms with Crippen LogP contribution in [0.5, 0.6) is 0 Å². The summed E-state index contributed by atoms with van der Waals surface area (Å²) in [6, 6.07) is 6.85. The largest absolute Gasteiger partial charge is 0.381 e. The first-order chi connectivity index (χ1) is 9.01. The Morgan fingerprint density at radius 2 is 2.00 bits per heavy atom. The van der Waals surface area contributed by atoms with Crippen LogP contribution in [0, 0.1) is 0 Å². The van der Waals surface area contributed by atoms with Crippen LogP contribution in [-0.4, -0.2) is 30.4 Å². The minimum absolute atomic E-state index is 0.0374. The number of nitrogens with two attached hydrogens (primary N) is 1. The number of hydrogen-bond acceptors (Lipinski definition) is 4. The number of benzene rings is 1. The topological polar surface area (TPSA) is 81.4 Å². The van der Waals surface area contributed by atoms with Crippen molar-refractivity contribution < 1.29 is 14.3 Å². The quantitative estimate of drug-likeness (QED) is 0.805. The summed E-state index contributed by atoms with van der Waals surface area (Å²) in [5, 5.41) is 2.78. The smallest absolute Gasteiger partial charge is 0.244 e. The molecule has 1 fully saturated rings. The number of carbonyl (C=O) groups excluding carboxylic acids is 2. The maximum Gasteiger partial charge on any atom is 0.244 e. The molecular weight excluding hydrogens is 244 g/mol. The predicted octanol–water partition coefficient (Wildman–Crippen LogP) is 1.34. The Bertz CT molecular complexity index is 493. The summed E-state index contributed by atoms with van der Waals surface area (Å²) >= 11 is 0.